The van der Waals surface area contributed by atoms with Crippen LogP contribution in [0.5, 0.6) is 0 Å². The van der Waals surface area contributed by atoms with Crippen molar-refractivity contribution < 1.29 is 19.8 Å². The first-order chi connectivity index (χ1) is 5.86. The lowest BCUT2D eigenvalue weighted by Crippen LogP contribution is -2.51. The Labute approximate surface area is 75.7 Å². The summed E-state index contributed by atoms with van der Waals surface area (Å²) in [5.41, 5.74) is 5.20. The molecular weight excluding hydrogens is 176 g/mol. The summed E-state index contributed by atoms with van der Waals surface area (Å²) >= 11 is 0. The first-order valence-corrected chi connectivity index (χ1v) is 3.83. The van der Waals surface area contributed by atoms with E-state index < -0.39 is 30.1 Å². The number of aliphatic hydroxyl groups is 1. The van der Waals surface area contributed by atoms with Gasteiger partial charge in [-0.25, -0.2) is 4.79 Å². The van der Waals surface area contributed by atoms with Crippen molar-refractivity contribution in [3.63, 3.8) is 0 Å². The number of carboxylic acid groups (broad SMARTS) is 1. The summed E-state index contributed by atoms with van der Waals surface area (Å²) in [4.78, 5) is 21.4. The maximum atomic E-state index is 11.0. The van der Waals surface area contributed by atoms with Crippen molar-refractivity contribution in [3.05, 3.63) is 0 Å². The molecule has 0 saturated carbocycles. The summed E-state index contributed by atoms with van der Waals surface area (Å²) in [7, 11) is 0. The number of aliphatic hydroxyl groups excluding tert-OH is 1. The molecule has 0 aromatic carbocycles. The van der Waals surface area contributed by atoms with Crippen LogP contribution >= 0.6 is 0 Å². The van der Waals surface area contributed by atoms with Gasteiger partial charge in [0, 0.05) is 0 Å². The molecule has 1 amide bonds. The molecule has 6 nitrogen and oxygen atoms in total. The highest BCUT2D eigenvalue weighted by Crippen LogP contribution is 1.93. The van der Waals surface area contributed by atoms with Crippen molar-refractivity contribution in [2.24, 2.45) is 5.73 Å². The zero-order chi connectivity index (χ0) is 10.6. The second-order valence-electron chi connectivity index (χ2n) is 2.85. The highest BCUT2D eigenvalue weighted by Gasteiger charge is 2.25. The Morgan fingerprint density at radius 1 is 1.38 bits per heavy atom. The Bertz CT molecular complexity index is 203. The molecule has 0 radical (unpaired) electrons. The van der Waals surface area contributed by atoms with Crippen molar-refractivity contribution in [2.45, 2.75) is 32.0 Å². The molecule has 0 aliphatic heterocycles. The van der Waals surface area contributed by atoms with E-state index in [-0.39, 0.29) is 0 Å². The van der Waals surface area contributed by atoms with E-state index in [0.29, 0.717) is 0 Å². The molecule has 3 atom stereocenters. The van der Waals surface area contributed by atoms with Crippen LogP contribution in [0.2, 0.25) is 0 Å². The Morgan fingerprint density at radius 2 is 1.85 bits per heavy atom. The number of aliphatic carboxylic acids is 1. The van der Waals surface area contributed by atoms with Crippen LogP contribution in [0.4, 0.5) is 0 Å². The van der Waals surface area contributed by atoms with Gasteiger partial charge in [-0.1, -0.05) is 0 Å². The zero-order valence-electron chi connectivity index (χ0n) is 7.52. The van der Waals surface area contributed by atoms with Gasteiger partial charge in [0.25, 0.3) is 0 Å². The number of nitrogens with two attached hydrogens (primary N) is 1. The van der Waals surface area contributed by atoms with E-state index in [4.69, 9.17) is 15.9 Å². The molecule has 0 aromatic heterocycles. The highest BCUT2D eigenvalue weighted by molar-refractivity contribution is 5.86. The lowest BCUT2D eigenvalue weighted by atomic mass is 10.1. The molecule has 0 heterocycles. The number of carboxylic acids is 1. The van der Waals surface area contributed by atoms with Crippen molar-refractivity contribution in [1.29, 1.82) is 0 Å². The lowest BCUT2D eigenvalue weighted by Gasteiger charge is -2.17. The number of amides is 1. The molecule has 0 aliphatic rings. The van der Waals surface area contributed by atoms with E-state index >= 15 is 0 Å². The normalized spacial score (nSPS) is 17.2. The number of hydrogen-bond acceptors (Lipinski definition) is 4. The fraction of sp³-hybridized carbons (Fsp3) is 0.714. The molecule has 5 N–H and O–H groups in total. The summed E-state index contributed by atoms with van der Waals surface area (Å²) in [5, 5.41) is 19.6. The van der Waals surface area contributed by atoms with E-state index in [9.17, 15) is 9.59 Å². The second-order valence-corrected chi connectivity index (χ2v) is 2.85. The van der Waals surface area contributed by atoms with Gasteiger partial charge in [-0.2, -0.15) is 0 Å². The molecule has 0 fully saturated rings. The van der Waals surface area contributed by atoms with Crippen LogP contribution < -0.4 is 11.1 Å². The molecule has 0 rings (SSSR count). The predicted octanol–water partition coefficient (Wildman–Crippen LogP) is -1.72. The highest BCUT2D eigenvalue weighted by atomic mass is 16.4. The van der Waals surface area contributed by atoms with Crippen molar-refractivity contribution in [3.8, 4) is 0 Å². The lowest BCUT2D eigenvalue weighted by molar-refractivity contribution is -0.144. The van der Waals surface area contributed by atoms with Crippen LogP contribution in [-0.4, -0.2) is 40.3 Å². The Kier molecular flexibility index (Phi) is 4.36. The van der Waals surface area contributed by atoms with Gasteiger partial charge in [0.2, 0.25) is 5.91 Å². The van der Waals surface area contributed by atoms with E-state index in [1.54, 1.807) is 0 Å². The minimum Gasteiger partial charge on any atom is -0.480 e. The van der Waals surface area contributed by atoms with Crippen molar-refractivity contribution >= 4 is 11.9 Å². The van der Waals surface area contributed by atoms with Gasteiger partial charge in [-0.15, -0.1) is 0 Å². The van der Waals surface area contributed by atoms with Crippen LogP contribution in [0.15, 0.2) is 0 Å². The standard InChI is InChI=1S/C7H14N2O4/c1-3(8)6(11)9-5(4(2)10)7(12)13/h3-5,10H,8H2,1-2H3,(H,9,11)(H,12,13)/t3-,4+,5-/m0/s1. The number of rotatable bonds is 4. The molecule has 0 bridgehead atoms. The zero-order valence-corrected chi connectivity index (χ0v) is 7.52. The number of nitrogens with one attached hydrogen (secondary N) is 1. The maximum absolute atomic E-state index is 11.0. The second kappa shape index (κ2) is 4.78. The topological polar surface area (TPSA) is 113 Å². The first kappa shape index (κ1) is 11.9. The average Bonchev–Trinajstić information content (AvgIpc) is 1.97. The van der Waals surface area contributed by atoms with Crippen molar-refractivity contribution in [2.75, 3.05) is 0 Å². The van der Waals surface area contributed by atoms with Crippen LogP contribution in [0.1, 0.15) is 13.8 Å². The number of hydrogen-bond donors (Lipinski definition) is 4. The van der Waals surface area contributed by atoms with Gasteiger partial charge >= 0.3 is 5.97 Å². The summed E-state index contributed by atoms with van der Waals surface area (Å²) in [5.74, 6) is -1.89. The number of carbonyl (C=O) groups is 2. The molecule has 0 saturated heterocycles. The molecule has 0 aromatic rings. The van der Waals surface area contributed by atoms with Gasteiger partial charge in [0.05, 0.1) is 12.1 Å². The SMILES string of the molecule is C[C@H](N)C(=O)N[C@H](C(=O)O)[C@@H](C)O. The molecule has 6 heteroatoms. The smallest absolute Gasteiger partial charge is 0.328 e. The van der Waals surface area contributed by atoms with Gasteiger partial charge in [-0.05, 0) is 13.8 Å². The summed E-state index contributed by atoms with van der Waals surface area (Å²) < 4.78 is 0. The molecule has 13 heavy (non-hydrogen) atoms. The molecule has 0 aliphatic carbocycles. The predicted molar refractivity (Wildman–Crippen MR) is 44.9 cm³/mol. The third-order valence-corrected chi connectivity index (χ3v) is 1.46. The Hall–Kier alpha value is -1.14. The van der Waals surface area contributed by atoms with Gasteiger partial charge in [-0.3, -0.25) is 4.79 Å². The third-order valence-electron chi connectivity index (χ3n) is 1.46. The van der Waals surface area contributed by atoms with E-state index in [2.05, 4.69) is 5.32 Å². The van der Waals surface area contributed by atoms with Crippen LogP contribution in [0.25, 0.3) is 0 Å². The fourth-order valence-electron chi connectivity index (χ4n) is 0.673. The fourth-order valence-corrected chi connectivity index (χ4v) is 0.673. The van der Waals surface area contributed by atoms with Gasteiger partial charge in [0.15, 0.2) is 6.04 Å². The summed E-state index contributed by atoms with van der Waals surface area (Å²) in [6.45, 7) is 2.70. The Morgan fingerprint density at radius 3 is 2.08 bits per heavy atom. The van der Waals surface area contributed by atoms with Crippen molar-refractivity contribution in [1.82, 2.24) is 5.32 Å². The minimum absolute atomic E-state index is 0.603. The first-order valence-electron chi connectivity index (χ1n) is 3.83. The Balaban J connectivity index is 4.27. The minimum atomic E-state index is -1.31. The maximum Gasteiger partial charge on any atom is 0.328 e. The average molecular weight is 190 g/mol. The van der Waals surface area contributed by atoms with Crippen LogP contribution in [-0.2, 0) is 9.59 Å². The van der Waals surface area contributed by atoms with Gasteiger partial charge < -0.3 is 21.3 Å². The largest absolute Gasteiger partial charge is 0.480 e. The van der Waals surface area contributed by atoms with Gasteiger partial charge in [0.1, 0.15) is 0 Å². The molecule has 0 spiro atoms. The summed E-state index contributed by atoms with van der Waals surface area (Å²) in [6, 6.07) is -2.10. The molecule has 0 unspecified atom stereocenters. The van der Waals surface area contributed by atoms with E-state index in [0.717, 1.165) is 0 Å². The molecule has 76 valence electrons. The van der Waals surface area contributed by atoms with E-state index in [1.165, 1.54) is 13.8 Å². The van der Waals surface area contributed by atoms with E-state index in [1.807, 2.05) is 0 Å². The summed E-state index contributed by atoms with van der Waals surface area (Å²) in [6.07, 6.45) is -1.15. The van der Waals surface area contributed by atoms with Crippen LogP contribution in [0, 0.1) is 0 Å². The third kappa shape index (κ3) is 3.86. The molecular formula is C7H14N2O4. The monoisotopic (exact) mass is 190 g/mol. The quantitative estimate of drug-likeness (QED) is 0.421. The van der Waals surface area contributed by atoms with Crippen LogP contribution in [0.3, 0.4) is 0 Å². The number of carbonyl (C=O) groups excluding carboxylic acids is 1.